The zero-order chi connectivity index (χ0) is 12.8. The lowest BCUT2D eigenvalue weighted by molar-refractivity contribution is -0.137. The predicted octanol–water partition coefficient (Wildman–Crippen LogP) is 1.83. The number of halogens is 1. The largest absolute Gasteiger partial charge is 0.508 e. The Morgan fingerprint density at radius 3 is 2.65 bits per heavy atom. The van der Waals surface area contributed by atoms with Gasteiger partial charge in [0.1, 0.15) is 11.6 Å². The van der Waals surface area contributed by atoms with Crippen molar-refractivity contribution in [3.05, 3.63) is 29.6 Å². The molecule has 94 valence electrons. The van der Waals surface area contributed by atoms with E-state index in [2.05, 4.69) is 0 Å². The highest BCUT2D eigenvalue weighted by Gasteiger charge is 2.08. The van der Waals surface area contributed by atoms with Crippen LogP contribution in [0.3, 0.4) is 0 Å². The highest BCUT2D eigenvalue weighted by molar-refractivity contribution is 5.66. The number of rotatable bonds is 6. The zero-order valence-electron chi connectivity index (χ0n) is 9.69. The molecule has 0 aliphatic rings. The minimum Gasteiger partial charge on any atom is -0.508 e. The fourth-order valence-electron chi connectivity index (χ4n) is 1.59. The van der Waals surface area contributed by atoms with Crippen LogP contribution in [-0.2, 0) is 11.3 Å². The average Bonchev–Trinajstić information content (AvgIpc) is 2.22. The summed E-state index contributed by atoms with van der Waals surface area (Å²) in [6.07, 6.45) is 0.0507. The van der Waals surface area contributed by atoms with E-state index < -0.39 is 11.8 Å². The van der Waals surface area contributed by atoms with Crippen molar-refractivity contribution in [2.24, 2.45) is 0 Å². The van der Waals surface area contributed by atoms with Crippen molar-refractivity contribution in [2.75, 3.05) is 13.1 Å². The van der Waals surface area contributed by atoms with Crippen LogP contribution >= 0.6 is 0 Å². The van der Waals surface area contributed by atoms with Crippen LogP contribution in [0, 0.1) is 5.82 Å². The molecule has 0 saturated carbocycles. The van der Waals surface area contributed by atoms with E-state index in [0.29, 0.717) is 25.2 Å². The molecule has 4 nitrogen and oxygen atoms in total. The molecule has 0 fully saturated rings. The third kappa shape index (κ3) is 4.82. The molecule has 0 aromatic heterocycles. The van der Waals surface area contributed by atoms with E-state index in [9.17, 15) is 14.3 Å². The van der Waals surface area contributed by atoms with Crippen LogP contribution in [0.1, 0.15) is 18.9 Å². The van der Waals surface area contributed by atoms with Gasteiger partial charge in [-0.25, -0.2) is 4.39 Å². The summed E-state index contributed by atoms with van der Waals surface area (Å²) in [5, 5.41) is 17.8. The van der Waals surface area contributed by atoms with Crippen molar-refractivity contribution in [1.29, 1.82) is 0 Å². The fraction of sp³-hybridized carbons (Fsp3) is 0.417. The molecule has 0 heterocycles. The molecule has 1 aromatic carbocycles. The molecule has 1 rings (SSSR count). The maximum Gasteiger partial charge on any atom is 0.304 e. The van der Waals surface area contributed by atoms with Gasteiger partial charge in [0.25, 0.3) is 0 Å². The third-order valence-electron chi connectivity index (χ3n) is 2.44. The number of carboxylic acid groups (broad SMARTS) is 1. The highest BCUT2D eigenvalue weighted by Crippen LogP contribution is 2.16. The number of phenolic OH excluding ortho intramolecular Hbond substituents is 1. The number of nitrogens with zero attached hydrogens (tertiary/aromatic N) is 1. The number of phenols is 1. The van der Waals surface area contributed by atoms with Gasteiger partial charge in [0.2, 0.25) is 0 Å². The molecule has 2 N–H and O–H groups in total. The number of benzene rings is 1. The quantitative estimate of drug-likeness (QED) is 0.797. The molecule has 17 heavy (non-hydrogen) atoms. The molecule has 0 saturated heterocycles. The van der Waals surface area contributed by atoms with Crippen molar-refractivity contribution >= 4 is 5.97 Å². The lowest BCUT2D eigenvalue weighted by atomic mass is 10.2. The summed E-state index contributed by atoms with van der Waals surface area (Å²) in [6, 6.07) is 3.85. The summed E-state index contributed by atoms with van der Waals surface area (Å²) in [4.78, 5) is 12.3. The summed E-state index contributed by atoms with van der Waals surface area (Å²) >= 11 is 0. The molecule has 0 amide bonds. The minimum absolute atomic E-state index is 0.0507. The maximum absolute atomic E-state index is 13.0. The molecule has 0 spiro atoms. The SMILES string of the molecule is CCN(CCC(=O)O)Cc1cc(O)cc(F)c1. The molecule has 0 radical (unpaired) electrons. The Balaban J connectivity index is 2.63. The van der Waals surface area contributed by atoms with Gasteiger partial charge in [-0.05, 0) is 24.2 Å². The van der Waals surface area contributed by atoms with Crippen molar-refractivity contribution in [3.8, 4) is 5.75 Å². The van der Waals surface area contributed by atoms with Gasteiger partial charge in [0, 0.05) is 19.2 Å². The van der Waals surface area contributed by atoms with Gasteiger partial charge >= 0.3 is 5.97 Å². The Hall–Kier alpha value is -1.62. The first-order valence-corrected chi connectivity index (χ1v) is 5.44. The van der Waals surface area contributed by atoms with Gasteiger partial charge < -0.3 is 10.2 Å². The summed E-state index contributed by atoms with van der Waals surface area (Å²) in [7, 11) is 0. The Kier molecular flexibility index (Phi) is 4.90. The summed E-state index contributed by atoms with van der Waals surface area (Å²) in [5.74, 6) is -1.46. The van der Waals surface area contributed by atoms with Crippen LogP contribution in [0.25, 0.3) is 0 Å². The van der Waals surface area contributed by atoms with Crippen molar-refractivity contribution in [3.63, 3.8) is 0 Å². The topological polar surface area (TPSA) is 60.8 Å². The lowest BCUT2D eigenvalue weighted by Gasteiger charge is -2.19. The number of aliphatic carboxylic acids is 1. The normalized spacial score (nSPS) is 10.8. The summed E-state index contributed by atoms with van der Waals surface area (Å²) < 4.78 is 13.0. The van der Waals surface area contributed by atoms with E-state index >= 15 is 0 Å². The van der Waals surface area contributed by atoms with Gasteiger partial charge in [-0.3, -0.25) is 9.69 Å². The van der Waals surface area contributed by atoms with Gasteiger partial charge in [-0.1, -0.05) is 6.92 Å². The molecule has 0 unspecified atom stereocenters. The number of aromatic hydroxyl groups is 1. The van der Waals surface area contributed by atoms with E-state index in [4.69, 9.17) is 5.11 Å². The van der Waals surface area contributed by atoms with E-state index in [0.717, 1.165) is 6.07 Å². The van der Waals surface area contributed by atoms with Crippen LogP contribution in [-0.4, -0.2) is 34.2 Å². The first-order valence-electron chi connectivity index (χ1n) is 5.44. The Bertz CT molecular complexity index is 375. The third-order valence-corrected chi connectivity index (χ3v) is 2.44. The average molecular weight is 241 g/mol. The number of carboxylic acids is 1. The van der Waals surface area contributed by atoms with Crippen LogP contribution in [0.5, 0.6) is 5.75 Å². The highest BCUT2D eigenvalue weighted by atomic mass is 19.1. The Morgan fingerprint density at radius 1 is 1.41 bits per heavy atom. The molecule has 0 atom stereocenters. The Morgan fingerprint density at radius 2 is 2.12 bits per heavy atom. The first-order chi connectivity index (χ1) is 8.01. The maximum atomic E-state index is 13.0. The van der Waals surface area contributed by atoms with Crippen molar-refractivity contribution in [1.82, 2.24) is 4.90 Å². The van der Waals surface area contributed by atoms with E-state index in [1.165, 1.54) is 12.1 Å². The van der Waals surface area contributed by atoms with Crippen molar-refractivity contribution in [2.45, 2.75) is 19.9 Å². The molecule has 0 bridgehead atoms. The zero-order valence-corrected chi connectivity index (χ0v) is 9.69. The van der Waals surface area contributed by atoms with Gasteiger partial charge in [-0.2, -0.15) is 0 Å². The Labute approximate surface area is 99.3 Å². The number of hydrogen-bond acceptors (Lipinski definition) is 3. The molecule has 1 aromatic rings. The molecular formula is C12H16FNO3. The smallest absolute Gasteiger partial charge is 0.304 e. The van der Waals surface area contributed by atoms with Crippen LogP contribution in [0.4, 0.5) is 4.39 Å². The monoisotopic (exact) mass is 241 g/mol. The van der Waals surface area contributed by atoms with Crippen LogP contribution in [0.15, 0.2) is 18.2 Å². The van der Waals surface area contributed by atoms with Gasteiger partial charge in [0.15, 0.2) is 0 Å². The summed E-state index contributed by atoms with van der Waals surface area (Å²) in [6.45, 7) is 3.41. The van der Waals surface area contributed by atoms with Gasteiger partial charge in [-0.15, -0.1) is 0 Å². The van der Waals surface area contributed by atoms with Crippen LogP contribution in [0.2, 0.25) is 0 Å². The fourth-order valence-corrected chi connectivity index (χ4v) is 1.59. The van der Waals surface area contributed by atoms with Gasteiger partial charge in [0.05, 0.1) is 6.42 Å². The number of hydrogen-bond donors (Lipinski definition) is 2. The molecule has 0 aliphatic heterocycles. The van der Waals surface area contributed by atoms with E-state index in [1.54, 1.807) is 0 Å². The first kappa shape index (κ1) is 13.4. The van der Waals surface area contributed by atoms with Crippen LogP contribution < -0.4 is 0 Å². The second kappa shape index (κ2) is 6.20. The van der Waals surface area contributed by atoms with E-state index in [1.807, 2.05) is 11.8 Å². The molecular weight excluding hydrogens is 225 g/mol. The van der Waals surface area contributed by atoms with Crippen molar-refractivity contribution < 1.29 is 19.4 Å². The van der Waals surface area contributed by atoms with E-state index in [-0.39, 0.29) is 12.2 Å². The molecule has 0 aliphatic carbocycles. The summed E-state index contributed by atoms with van der Waals surface area (Å²) in [5.41, 5.74) is 0.634. The number of carbonyl (C=O) groups is 1. The lowest BCUT2D eigenvalue weighted by Crippen LogP contribution is -2.25. The predicted molar refractivity (Wildman–Crippen MR) is 61.3 cm³/mol. The second-order valence-corrected chi connectivity index (χ2v) is 3.83. The second-order valence-electron chi connectivity index (χ2n) is 3.83. The minimum atomic E-state index is -0.856. The molecule has 5 heteroatoms. The standard InChI is InChI=1S/C12H16FNO3/c1-2-14(4-3-12(16)17)8-9-5-10(13)7-11(15)6-9/h5-7,15H,2-4,8H2,1H3,(H,16,17).